The van der Waals surface area contributed by atoms with E-state index in [9.17, 15) is 13.2 Å². The second-order valence-electron chi connectivity index (χ2n) is 7.56. The number of rotatable bonds is 4. The monoisotopic (exact) mass is 555 g/mol. The van der Waals surface area contributed by atoms with Gasteiger partial charge in [0.15, 0.2) is 11.3 Å². The molecule has 164 valence electrons. The molecule has 7 heteroatoms. The lowest BCUT2D eigenvalue weighted by Gasteiger charge is -2.36. The Balaban J connectivity index is 2.02. The first-order valence-electron chi connectivity index (χ1n) is 10.2. The summed E-state index contributed by atoms with van der Waals surface area (Å²) in [6.07, 6.45) is -3.11. The van der Waals surface area contributed by atoms with Gasteiger partial charge < -0.3 is 0 Å². The third-order valence-corrected chi connectivity index (χ3v) is 6.58. The van der Waals surface area contributed by atoms with Crippen LogP contribution in [0.25, 0.3) is 11.0 Å². The van der Waals surface area contributed by atoms with Crippen LogP contribution < -0.4 is 0 Å². The lowest BCUT2D eigenvalue weighted by Crippen LogP contribution is -2.39. The Kier molecular flexibility index (Phi) is 5.44. The van der Waals surface area contributed by atoms with Crippen LogP contribution >= 0.6 is 22.6 Å². The quantitative estimate of drug-likeness (QED) is 0.179. The Bertz CT molecular complexity index is 1300. The first kappa shape index (κ1) is 21.6. The molecule has 0 saturated heterocycles. The molecule has 0 aliphatic rings. The van der Waals surface area contributed by atoms with Gasteiger partial charge in [-0.2, -0.15) is 18.3 Å². The third-order valence-electron chi connectivity index (χ3n) is 5.68. The van der Waals surface area contributed by atoms with Crippen molar-refractivity contribution in [2.75, 3.05) is 0 Å². The molecule has 0 unspecified atom stereocenters. The van der Waals surface area contributed by atoms with E-state index >= 15 is 0 Å². The molecule has 5 rings (SSSR count). The van der Waals surface area contributed by atoms with Crippen LogP contribution in [0.5, 0.6) is 0 Å². The molecule has 0 atom stereocenters. The van der Waals surface area contributed by atoms with E-state index in [-0.39, 0.29) is 11.0 Å². The largest absolute Gasteiger partial charge is 0.435 e. The van der Waals surface area contributed by atoms with Crippen molar-refractivity contribution in [1.29, 1.82) is 0 Å². The predicted molar refractivity (Wildman–Crippen MR) is 130 cm³/mol. The molecule has 3 nitrogen and oxygen atoms in total. The molecule has 5 aromatic rings. The smallest absolute Gasteiger partial charge is 0.237 e. The summed E-state index contributed by atoms with van der Waals surface area (Å²) in [6.45, 7) is 0. The maximum Gasteiger partial charge on any atom is 0.435 e. The highest BCUT2D eigenvalue weighted by Crippen LogP contribution is 2.44. The molecule has 0 radical (unpaired) electrons. The minimum Gasteiger partial charge on any atom is -0.237 e. The van der Waals surface area contributed by atoms with Crippen LogP contribution in [0.3, 0.4) is 0 Å². The van der Waals surface area contributed by atoms with E-state index < -0.39 is 17.4 Å². The maximum absolute atomic E-state index is 14.2. The van der Waals surface area contributed by atoms with Crippen molar-refractivity contribution in [2.24, 2.45) is 0 Å². The van der Waals surface area contributed by atoms with Gasteiger partial charge in [-0.25, -0.2) is 9.67 Å². The molecule has 0 aliphatic carbocycles. The highest BCUT2D eigenvalue weighted by Gasteiger charge is 2.45. The van der Waals surface area contributed by atoms with Crippen LogP contribution in [-0.2, 0) is 11.7 Å². The molecule has 0 bridgehead atoms. The average molecular weight is 555 g/mol. The maximum atomic E-state index is 14.2. The molecule has 33 heavy (non-hydrogen) atoms. The summed E-state index contributed by atoms with van der Waals surface area (Å²) in [5, 5.41) is 4.25. The molecule has 0 aliphatic heterocycles. The molecule has 0 fully saturated rings. The average Bonchev–Trinajstić information content (AvgIpc) is 3.24. The van der Waals surface area contributed by atoms with Crippen molar-refractivity contribution >= 4 is 33.6 Å². The number of aromatic nitrogens is 3. The van der Waals surface area contributed by atoms with Crippen LogP contribution in [0.1, 0.15) is 22.4 Å². The van der Waals surface area contributed by atoms with Gasteiger partial charge in [0.25, 0.3) is 0 Å². The molecule has 3 aromatic carbocycles. The lowest BCUT2D eigenvalue weighted by atomic mass is 9.77. The fourth-order valence-electron chi connectivity index (χ4n) is 4.34. The zero-order valence-electron chi connectivity index (χ0n) is 17.2. The van der Waals surface area contributed by atoms with Gasteiger partial charge in [0.1, 0.15) is 5.54 Å². The number of hydrogen-bond donors (Lipinski definition) is 0. The molecule has 0 N–H and O–H groups in total. The number of halogens is 4. The van der Waals surface area contributed by atoms with Gasteiger partial charge in [0.05, 0.1) is 5.39 Å². The predicted octanol–water partition coefficient (Wildman–Crippen LogP) is 6.89. The second kappa shape index (κ2) is 8.30. The Morgan fingerprint density at radius 3 is 1.55 bits per heavy atom. The number of pyridine rings is 1. The first-order chi connectivity index (χ1) is 15.9. The summed E-state index contributed by atoms with van der Waals surface area (Å²) in [5.41, 5.74) is 0.389. The number of alkyl halides is 3. The SMILES string of the molecule is FC(F)(F)c1nn(C(c2ccccc2)(c2ccccc2)c2ccccc2)c2nccc(I)c12. The molecule has 0 saturated carbocycles. The van der Waals surface area contributed by atoms with Gasteiger partial charge in [-0.05, 0) is 45.3 Å². The van der Waals surface area contributed by atoms with Gasteiger partial charge >= 0.3 is 6.18 Å². The van der Waals surface area contributed by atoms with Crippen LogP contribution in [0.4, 0.5) is 13.2 Å². The van der Waals surface area contributed by atoms with Crippen LogP contribution in [0.2, 0.25) is 0 Å². The van der Waals surface area contributed by atoms with E-state index in [1.54, 1.807) is 6.07 Å². The summed E-state index contributed by atoms with van der Waals surface area (Å²) < 4.78 is 44.5. The zero-order chi connectivity index (χ0) is 23.1. The van der Waals surface area contributed by atoms with Crippen molar-refractivity contribution in [3.8, 4) is 0 Å². The standard InChI is InChI=1S/C26H17F3IN3/c27-26(28,29)23-22-21(30)16-17-31-24(22)33(32-23)25(18-10-4-1-5-11-18,19-12-6-2-7-13-19)20-14-8-3-9-15-20/h1-17H. The van der Waals surface area contributed by atoms with Gasteiger partial charge in [0, 0.05) is 9.77 Å². The fourth-order valence-corrected chi connectivity index (χ4v) is 5.00. The summed E-state index contributed by atoms with van der Waals surface area (Å²) >= 11 is 1.92. The Hall–Kier alpha value is -3.20. The van der Waals surface area contributed by atoms with Gasteiger partial charge in [-0.3, -0.25) is 0 Å². The number of nitrogens with zero attached hydrogens (tertiary/aromatic N) is 3. The van der Waals surface area contributed by atoms with Crippen molar-refractivity contribution < 1.29 is 13.2 Å². The molecular weight excluding hydrogens is 538 g/mol. The summed E-state index contributed by atoms with van der Waals surface area (Å²) in [5.74, 6) is 0. The molecular formula is C26H17F3IN3. The van der Waals surface area contributed by atoms with Crippen molar-refractivity contribution in [1.82, 2.24) is 14.8 Å². The Labute approximate surface area is 202 Å². The lowest BCUT2D eigenvalue weighted by molar-refractivity contribution is -0.140. The highest BCUT2D eigenvalue weighted by atomic mass is 127. The highest BCUT2D eigenvalue weighted by molar-refractivity contribution is 14.1. The zero-order valence-corrected chi connectivity index (χ0v) is 19.3. The molecule has 2 aromatic heterocycles. The van der Waals surface area contributed by atoms with Crippen LogP contribution in [-0.4, -0.2) is 14.8 Å². The van der Waals surface area contributed by atoms with E-state index in [2.05, 4.69) is 10.1 Å². The Morgan fingerprint density at radius 1 is 0.667 bits per heavy atom. The van der Waals surface area contributed by atoms with Crippen molar-refractivity contribution in [3.05, 3.63) is 129 Å². The first-order valence-corrected chi connectivity index (χ1v) is 11.3. The number of fused-ring (bicyclic) bond motifs is 1. The number of benzene rings is 3. The van der Waals surface area contributed by atoms with Gasteiger partial charge in [-0.15, -0.1) is 0 Å². The summed E-state index contributed by atoms with van der Waals surface area (Å²) in [6, 6.07) is 30.0. The summed E-state index contributed by atoms with van der Waals surface area (Å²) in [4.78, 5) is 4.41. The van der Waals surface area contributed by atoms with Gasteiger partial charge in [-0.1, -0.05) is 91.0 Å². The molecule has 0 spiro atoms. The van der Waals surface area contributed by atoms with E-state index in [1.807, 2.05) is 114 Å². The summed E-state index contributed by atoms with van der Waals surface area (Å²) in [7, 11) is 0. The Morgan fingerprint density at radius 2 is 1.12 bits per heavy atom. The fraction of sp³-hybridized carbons (Fsp3) is 0.0769. The molecule has 0 amide bonds. The van der Waals surface area contributed by atoms with Crippen molar-refractivity contribution in [3.63, 3.8) is 0 Å². The van der Waals surface area contributed by atoms with E-state index in [0.717, 1.165) is 16.7 Å². The number of hydrogen-bond acceptors (Lipinski definition) is 2. The topological polar surface area (TPSA) is 30.7 Å². The van der Waals surface area contributed by atoms with Crippen LogP contribution in [0, 0.1) is 3.57 Å². The van der Waals surface area contributed by atoms with E-state index in [0.29, 0.717) is 3.57 Å². The van der Waals surface area contributed by atoms with Crippen LogP contribution in [0.15, 0.2) is 103 Å². The van der Waals surface area contributed by atoms with E-state index in [4.69, 9.17) is 0 Å². The third kappa shape index (κ3) is 3.51. The van der Waals surface area contributed by atoms with E-state index in [1.165, 1.54) is 10.9 Å². The normalized spacial score (nSPS) is 12.2. The minimum absolute atomic E-state index is 0.00207. The molecule has 2 heterocycles. The van der Waals surface area contributed by atoms with Crippen molar-refractivity contribution in [2.45, 2.75) is 11.7 Å². The second-order valence-corrected chi connectivity index (χ2v) is 8.72. The van der Waals surface area contributed by atoms with Gasteiger partial charge in [0.2, 0.25) is 0 Å². The minimum atomic E-state index is -4.64.